The molecule has 0 aliphatic rings. The van der Waals surface area contributed by atoms with Crippen molar-refractivity contribution >= 4 is 27.5 Å². The van der Waals surface area contributed by atoms with Crippen molar-refractivity contribution < 1.29 is 0 Å². The minimum atomic E-state index is -0.0124. The monoisotopic (exact) mass is 353 g/mol. The van der Waals surface area contributed by atoms with Crippen molar-refractivity contribution in [3.63, 3.8) is 0 Å². The Balaban J connectivity index is 2.19. The Morgan fingerprint density at radius 3 is 2.70 bits per heavy atom. The minimum Gasteiger partial charge on any atom is -0.271 e. The molecule has 0 radical (unpaired) electrons. The SMILES string of the molecule is CCc1ccc(CC(NN)c2ccc(Cl)cc2Br)nc1. The lowest BCUT2D eigenvalue weighted by atomic mass is 10.0. The van der Waals surface area contributed by atoms with Gasteiger partial charge in [-0.25, -0.2) is 0 Å². The second-order valence-corrected chi connectivity index (χ2v) is 5.89. The zero-order chi connectivity index (χ0) is 14.5. The van der Waals surface area contributed by atoms with E-state index in [-0.39, 0.29) is 6.04 Å². The smallest absolute Gasteiger partial charge is 0.0526 e. The van der Waals surface area contributed by atoms with E-state index in [9.17, 15) is 0 Å². The minimum absolute atomic E-state index is 0.0124. The number of halogens is 2. The van der Waals surface area contributed by atoms with Crippen LogP contribution in [-0.2, 0) is 12.8 Å². The fraction of sp³-hybridized carbons (Fsp3) is 0.267. The van der Waals surface area contributed by atoms with Crippen LogP contribution in [0.2, 0.25) is 5.02 Å². The van der Waals surface area contributed by atoms with Gasteiger partial charge in [0.1, 0.15) is 0 Å². The summed E-state index contributed by atoms with van der Waals surface area (Å²) in [5.41, 5.74) is 6.15. The molecule has 0 bridgehead atoms. The summed E-state index contributed by atoms with van der Waals surface area (Å²) in [4.78, 5) is 4.47. The van der Waals surface area contributed by atoms with Gasteiger partial charge >= 0.3 is 0 Å². The van der Waals surface area contributed by atoms with Crippen molar-refractivity contribution in [1.82, 2.24) is 10.4 Å². The van der Waals surface area contributed by atoms with Crippen molar-refractivity contribution in [2.24, 2.45) is 5.84 Å². The highest BCUT2D eigenvalue weighted by Gasteiger charge is 2.14. The van der Waals surface area contributed by atoms with Crippen LogP contribution in [0.3, 0.4) is 0 Å². The lowest BCUT2D eigenvalue weighted by Gasteiger charge is -2.18. The van der Waals surface area contributed by atoms with Crippen LogP contribution in [0.25, 0.3) is 0 Å². The Morgan fingerprint density at radius 1 is 1.35 bits per heavy atom. The van der Waals surface area contributed by atoms with Gasteiger partial charge in [0, 0.05) is 27.8 Å². The number of rotatable bonds is 5. The predicted molar refractivity (Wildman–Crippen MR) is 86.5 cm³/mol. The molecular formula is C15H17BrClN3. The lowest BCUT2D eigenvalue weighted by Crippen LogP contribution is -2.30. The van der Waals surface area contributed by atoms with Crippen LogP contribution in [0.4, 0.5) is 0 Å². The van der Waals surface area contributed by atoms with Gasteiger partial charge < -0.3 is 0 Å². The predicted octanol–water partition coefficient (Wildman–Crippen LogP) is 3.81. The maximum atomic E-state index is 5.96. The third-order valence-corrected chi connectivity index (χ3v) is 4.17. The molecular weight excluding hydrogens is 338 g/mol. The van der Waals surface area contributed by atoms with E-state index in [1.165, 1.54) is 5.56 Å². The third-order valence-electron chi connectivity index (χ3n) is 3.25. The van der Waals surface area contributed by atoms with Crippen LogP contribution in [0.5, 0.6) is 0 Å². The number of aryl methyl sites for hydroxylation is 1. The zero-order valence-corrected chi connectivity index (χ0v) is 13.6. The van der Waals surface area contributed by atoms with Crippen molar-refractivity contribution in [3.8, 4) is 0 Å². The Bertz CT molecular complexity index is 572. The van der Waals surface area contributed by atoms with Gasteiger partial charge in [0.15, 0.2) is 0 Å². The molecule has 1 unspecified atom stereocenters. The fourth-order valence-corrected chi connectivity index (χ4v) is 3.00. The number of nitrogens with one attached hydrogen (secondary N) is 1. The molecule has 20 heavy (non-hydrogen) atoms. The Morgan fingerprint density at radius 2 is 2.15 bits per heavy atom. The van der Waals surface area contributed by atoms with Gasteiger partial charge in [-0.1, -0.05) is 46.6 Å². The van der Waals surface area contributed by atoms with Crippen LogP contribution < -0.4 is 11.3 Å². The summed E-state index contributed by atoms with van der Waals surface area (Å²) in [6.45, 7) is 2.12. The van der Waals surface area contributed by atoms with Gasteiger partial charge in [-0.3, -0.25) is 16.3 Å². The molecule has 2 rings (SSSR count). The van der Waals surface area contributed by atoms with E-state index in [0.717, 1.165) is 28.6 Å². The second kappa shape index (κ2) is 7.18. The molecule has 0 aliphatic heterocycles. The molecule has 1 atom stereocenters. The van der Waals surface area contributed by atoms with E-state index < -0.39 is 0 Å². The standard InChI is InChI=1S/C15H17BrClN3/c1-2-10-3-5-12(19-9-10)8-15(20-18)13-6-4-11(17)7-14(13)16/h3-7,9,15,20H,2,8,18H2,1H3. The number of nitrogens with zero attached hydrogens (tertiary/aromatic N) is 1. The van der Waals surface area contributed by atoms with Gasteiger partial charge in [-0.05, 0) is 35.7 Å². The Kier molecular flexibility index (Phi) is 5.54. The number of hydrogen-bond donors (Lipinski definition) is 2. The molecule has 1 aromatic heterocycles. The van der Waals surface area contributed by atoms with E-state index >= 15 is 0 Å². The molecule has 0 spiro atoms. The lowest BCUT2D eigenvalue weighted by molar-refractivity contribution is 0.544. The molecule has 5 heteroatoms. The number of pyridine rings is 1. The molecule has 0 saturated heterocycles. The van der Waals surface area contributed by atoms with E-state index in [4.69, 9.17) is 17.4 Å². The Hall–Kier alpha value is -0.940. The van der Waals surface area contributed by atoms with Crippen molar-refractivity contribution in [2.75, 3.05) is 0 Å². The molecule has 1 heterocycles. The van der Waals surface area contributed by atoms with Crippen molar-refractivity contribution in [2.45, 2.75) is 25.8 Å². The highest BCUT2D eigenvalue weighted by molar-refractivity contribution is 9.10. The van der Waals surface area contributed by atoms with Crippen LogP contribution in [0.15, 0.2) is 41.0 Å². The molecule has 3 nitrogen and oxygen atoms in total. The molecule has 0 fully saturated rings. The molecule has 2 aromatic rings. The van der Waals surface area contributed by atoms with E-state index in [1.54, 1.807) is 0 Å². The number of hydrazine groups is 1. The van der Waals surface area contributed by atoms with Gasteiger partial charge in [0.2, 0.25) is 0 Å². The molecule has 106 valence electrons. The zero-order valence-electron chi connectivity index (χ0n) is 11.2. The van der Waals surface area contributed by atoms with E-state index in [1.807, 2.05) is 30.5 Å². The maximum Gasteiger partial charge on any atom is 0.0526 e. The van der Waals surface area contributed by atoms with Gasteiger partial charge in [-0.15, -0.1) is 0 Å². The average Bonchev–Trinajstić information content (AvgIpc) is 2.46. The molecule has 3 N–H and O–H groups in total. The normalized spacial score (nSPS) is 12.4. The summed E-state index contributed by atoms with van der Waals surface area (Å²) in [5, 5.41) is 0.696. The molecule has 0 amide bonds. The van der Waals surface area contributed by atoms with Gasteiger partial charge in [0.25, 0.3) is 0 Å². The van der Waals surface area contributed by atoms with Gasteiger partial charge in [0.05, 0.1) is 6.04 Å². The quantitative estimate of drug-likeness (QED) is 0.634. The largest absolute Gasteiger partial charge is 0.271 e. The summed E-state index contributed by atoms with van der Waals surface area (Å²) >= 11 is 9.49. The number of nitrogens with two attached hydrogens (primary N) is 1. The fourth-order valence-electron chi connectivity index (χ4n) is 2.04. The highest BCUT2D eigenvalue weighted by atomic mass is 79.9. The van der Waals surface area contributed by atoms with Crippen LogP contribution in [-0.4, -0.2) is 4.98 Å². The summed E-state index contributed by atoms with van der Waals surface area (Å²) < 4.78 is 0.943. The number of hydrogen-bond acceptors (Lipinski definition) is 3. The van der Waals surface area contributed by atoms with Crippen LogP contribution in [0.1, 0.15) is 29.8 Å². The summed E-state index contributed by atoms with van der Waals surface area (Å²) in [6.07, 6.45) is 3.63. The maximum absolute atomic E-state index is 5.96. The van der Waals surface area contributed by atoms with E-state index in [2.05, 4.69) is 39.3 Å². The molecule has 0 saturated carbocycles. The molecule has 1 aromatic carbocycles. The summed E-state index contributed by atoms with van der Waals surface area (Å²) in [6, 6.07) is 9.84. The van der Waals surface area contributed by atoms with E-state index in [0.29, 0.717) is 5.02 Å². The van der Waals surface area contributed by atoms with Crippen LogP contribution >= 0.6 is 27.5 Å². The Labute approximate surface area is 132 Å². The van der Waals surface area contributed by atoms with Gasteiger partial charge in [-0.2, -0.15) is 0 Å². The van der Waals surface area contributed by atoms with Crippen molar-refractivity contribution in [1.29, 1.82) is 0 Å². The van der Waals surface area contributed by atoms with Crippen molar-refractivity contribution in [3.05, 3.63) is 62.8 Å². The summed E-state index contributed by atoms with van der Waals surface area (Å²) in [5.74, 6) is 5.68. The number of benzene rings is 1. The highest BCUT2D eigenvalue weighted by Crippen LogP contribution is 2.28. The first-order valence-electron chi connectivity index (χ1n) is 6.49. The summed E-state index contributed by atoms with van der Waals surface area (Å²) in [7, 11) is 0. The first kappa shape index (κ1) is 15.4. The molecule has 0 aliphatic carbocycles. The first-order chi connectivity index (χ1) is 9.63. The second-order valence-electron chi connectivity index (χ2n) is 4.60. The first-order valence-corrected chi connectivity index (χ1v) is 7.66. The average molecular weight is 355 g/mol. The third kappa shape index (κ3) is 3.79. The number of aromatic nitrogens is 1. The topological polar surface area (TPSA) is 50.9 Å². The van der Waals surface area contributed by atoms with Crippen LogP contribution in [0, 0.1) is 0 Å².